The Labute approximate surface area is 96.9 Å². The number of pyridine rings is 1. The Morgan fingerprint density at radius 3 is 3.06 bits per heavy atom. The molecule has 0 atom stereocenters. The number of nitrogens with two attached hydrogens (primary N) is 1. The molecule has 0 spiro atoms. The molecule has 1 aromatic heterocycles. The summed E-state index contributed by atoms with van der Waals surface area (Å²) in [5.41, 5.74) is 5.11. The number of primary amides is 1. The van der Waals surface area contributed by atoms with Gasteiger partial charge in [0.05, 0.1) is 11.5 Å². The summed E-state index contributed by atoms with van der Waals surface area (Å²) in [4.78, 5) is 24.1. The quantitative estimate of drug-likeness (QED) is 0.390. The Balaban J connectivity index is 2.41. The van der Waals surface area contributed by atoms with Crippen LogP contribution in [-0.4, -0.2) is 35.6 Å². The normalized spacial score (nSPS) is 9.88. The number of nitro groups is 1. The number of hydrogen-bond donors (Lipinski definition) is 2. The van der Waals surface area contributed by atoms with Crippen LogP contribution in [0, 0.1) is 10.1 Å². The van der Waals surface area contributed by atoms with E-state index in [4.69, 9.17) is 10.5 Å². The van der Waals surface area contributed by atoms with Crippen LogP contribution in [0.3, 0.4) is 0 Å². The average molecular weight is 240 g/mol. The first-order valence-corrected chi connectivity index (χ1v) is 4.79. The third-order valence-electron chi connectivity index (χ3n) is 1.80. The summed E-state index contributed by atoms with van der Waals surface area (Å²) in [7, 11) is 0. The fourth-order valence-corrected chi connectivity index (χ4v) is 1.11. The minimum atomic E-state index is -0.556. The number of nitrogens with one attached hydrogen (secondary N) is 1. The van der Waals surface area contributed by atoms with E-state index in [0.29, 0.717) is 12.2 Å². The van der Waals surface area contributed by atoms with Crippen LogP contribution < -0.4 is 11.1 Å². The maximum atomic E-state index is 10.6. The Bertz CT molecular complexity index is 410. The SMILES string of the molecule is NC(=O)COCCNc1ccncc1[N+](=O)[O-]. The molecule has 3 N–H and O–H groups in total. The number of hydrogen-bond acceptors (Lipinski definition) is 6. The van der Waals surface area contributed by atoms with Gasteiger partial charge in [0.2, 0.25) is 5.91 Å². The molecule has 0 saturated heterocycles. The van der Waals surface area contributed by atoms with E-state index in [9.17, 15) is 14.9 Å². The number of carbonyl (C=O) groups is 1. The summed E-state index contributed by atoms with van der Waals surface area (Å²) in [5, 5.41) is 13.4. The maximum Gasteiger partial charge on any atom is 0.310 e. The second-order valence-electron chi connectivity index (χ2n) is 3.10. The van der Waals surface area contributed by atoms with E-state index in [-0.39, 0.29) is 18.9 Å². The molecular weight excluding hydrogens is 228 g/mol. The molecule has 8 nitrogen and oxygen atoms in total. The van der Waals surface area contributed by atoms with Gasteiger partial charge in [-0.1, -0.05) is 0 Å². The minimum Gasteiger partial charge on any atom is -0.377 e. The number of ether oxygens (including phenoxy) is 1. The predicted octanol–water partition coefficient (Wildman–Crippen LogP) is -0.0964. The van der Waals surface area contributed by atoms with Gasteiger partial charge in [0.1, 0.15) is 18.5 Å². The van der Waals surface area contributed by atoms with E-state index in [1.165, 1.54) is 12.3 Å². The van der Waals surface area contributed by atoms with E-state index in [1.807, 2.05) is 0 Å². The van der Waals surface area contributed by atoms with Crippen molar-refractivity contribution in [3.8, 4) is 0 Å². The largest absolute Gasteiger partial charge is 0.377 e. The zero-order valence-electron chi connectivity index (χ0n) is 8.96. The van der Waals surface area contributed by atoms with Gasteiger partial charge >= 0.3 is 5.69 Å². The van der Waals surface area contributed by atoms with Gasteiger partial charge in [-0.2, -0.15) is 0 Å². The molecule has 0 unspecified atom stereocenters. The van der Waals surface area contributed by atoms with Crippen LogP contribution in [0.4, 0.5) is 11.4 Å². The van der Waals surface area contributed by atoms with E-state index in [1.54, 1.807) is 0 Å². The monoisotopic (exact) mass is 240 g/mol. The molecule has 0 radical (unpaired) electrons. The molecule has 0 bridgehead atoms. The van der Waals surface area contributed by atoms with Gasteiger partial charge in [-0.25, -0.2) is 0 Å². The zero-order valence-corrected chi connectivity index (χ0v) is 8.96. The van der Waals surface area contributed by atoms with Crippen molar-refractivity contribution in [2.75, 3.05) is 25.1 Å². The van der Waals surface area contributed by atoms with Gasteiger partial charge in [0.25, 0.3) is 0 Å². The molecule has 0 saturated carbocycles. The topological polar surface area (TPSA) is 120 Å². The molecule has 8 heteroatoms. The van der Waals surface area contributed by atoms with Crippen LogP contribution in [0.25, 0.3) is 0 Å². The molecule has 0 aliphatic carbocycles. The lowest BCUT2D eigenvalue weighted by Crippen LogP contribution is -2.20. The van der Waals surface area contributed by atoms with Crippen LogP contribution >= 0.6 is 0 Å². The number of carbonyl (C=O) groups excluding carboxylic acids is 1. The van der Waals surface area contributed by atoms with Crippen molar-refractivity contribution in [2.45, 2.75) is 0 Å². The highest BCUT2D eigenvalue weighted by molar-refractivity contribution is 5.74. The molecule has 1 aromatic rings. The molecule has 0 fully saturated rings. The zero-order chi connectivity index (χ0) is 12.7. The van der Waals surface area contributed by atoms with E-state index >= 15 is 0 Å². The third-order valence-corrected chi connectivity index (χ3v) is 1.80. The first kappa shape index (κ1) is 12.8. The molecule has 1 rings (SSSR count). The third kappa shape index (κ3) is 4.43. The van der Waals surface area contributed by atoms with Gasteiger partial charge in [0, 0.05) is 12.7 Å². The highest BCUT2D eigenvalue weighted by atomic mass is 16.6. The van der Waals surface area contributed by atoms with E-state index < -0.39 is 10.8 Å². The van der Waals surface area contributed by atoms with Crippen LogP contribution in [0.15, 0.2) is 18.5 Å². The second-order valence-corrected chi connectivity index (χ2v) is 3.10. The fourth-order valence-electron chi connectivity index (χ4n) is 1.11. The smallest absolute Gasteiger partial charge is 0.310 e. The molecular formula is C9H12N4O4. The average Bonchev–Trinajstić information content (AvgIpc) is 2.28. The number of nitrogens with zero attached hydrogens (tertiary/aromatic N) is 2. The first-order chi connectivity index (χ1) is 8.11. The van der Waals surface area contributed by atoms with E-state index in [0.717, 1.165) is 6.20 Å². The summed E-state index contributed by atoms with van der Waals surface area (Å²) in [6, 6.07) is 1.49. The summed E-state index contributed by atoms with van der Waals surface area (Å²) in [6.45, 7) is 0.390. The minimum absolute atomic E-state index is 0.109. The number of rotatable bonds is 7. The lowest BCUT2D eigenvalue weighted by atomic mass is 10.3. The van der Waals surface area contributed by atoms with Gasteiger partial charge in [-0.05, 0) is 6.07 Å². The van der Waals surface area contributed by atoms with Crippen molar-refractivity contribution in [1.82, 2.24) is 4.98 Å². The summed E-state index contributed by atoms with van der Waals surface area (Å²) < 4.78 is 4.89. The van der Waals surface area contributed by atoms with Gasteiger partial charge in [-0.3, -0.25) is 19.9 Å². The van der Waals surface area contributed by atoms with Crippen LogP contribution in [0.1, 0.15) is 0 Å². The maximum absolute atomic E-state index is 10.6. The standard InChI is InChI=1S/C9H12N4O4/c10-9(14)6-17-4-3-12-7-1-2-11-5-8(7)13(15)16/h1-2,5H,3-4,6H2,(H2,10,14)(H,11,12). The van der Waals surface area contributed by atoms with Crippen molar-refractivity contribution in [1.29, 1.82) is 0 Å². The second kappa shape index (κ2) is 6.38. The summed E-state index contributed by atoms with van der Waals surface area (Å²) in [5.74, 6) is -0.556. The Morgan fingerprint density at radius 1 is 1.65 bits per heavy atom. The fraction of sp³-hybridized carbons (Fsp3) is 0.333. The highest BCUT2D eigenvalue weighted by Crippen LogP contribution is 2.21. The molecule has 1 heterocycles. The molecule has 92 valence electrons. The van der Waals surface area contributed by atoms with Gasteiger partial charge < -0.3 is 15.8 Å². The molecule has 17 heavy (non-hydrogen) atoms. The van der Waals surface area contributed by atoms with Crippen LogP contribution in [0.5, 0.6) is 0 Å². The van der Waals surface area contributed by atoms with Crippen LogP contribution in [0.2, 0.25) is 0 Å². The number of aromatic nitrogens is 1. The Hall–Kier alpha value is -2.22. The number of amides is 1. The van der Waals surface area contributed by atoms with Gasteiger partial charge in [-0.15, -0.1) is 0 Å². The van der Waals surface area contributed by atoms with Crippen molar-refractivity contribution in [3.05, 3.63) is 28.6 Å². The molecule has 1 amide bonds. The van der Waals surface area contributed by atoms with Crippen molar-refractivity contribution < 1.29 is 14.5 Å². The Morgan fingerprint density at radius 2 is 2.41 bits per heavy atom. The van der Waals surface area contributed by atoms with Crippen molar-refractivity contribution in [3.63, 3.8) is 0 Å². The first-order valence-electron chi connectivity index (χ1n) is 4.79. The van der Waals surface area contributed by atoms with Crippen molar-refractivity contribution in [2.24, 2.45) is 5.73 Å². The Kier molecular flexibility index (Phi) is 4.82. The van der Waals surface area contributed by atoms with Crippen LogP contribution in [-0.2, 0) is 9.53 Å². The lowest BCUT2D eigenvalue weighted by Gasteiger charge is -2.06. The predicted molar refractivity (Wildman–Crippen MR) is 59.4 cm³/mol. The molecule has 0 aliphatic heterocycles. The summed E-state index contributed by atoms with van der Waals surface area (Å²) >= 11 is 0. The van der Waals surface area contributed by atoms with Crippen molar-refractivity contribution >= 4 is 17.3 Å². The number of anilines is 1. The molecule has 0 aromatic carbocycles. The highest BCUT2D eigenvalue weighted by Gasteiger charge is 2.12. The molecule has 0 aliphatic rings. The van der Waals surface area contributed by atoms with Gasteiger partial charge in [0.15, 0.2) is 0 Å². The van der Waals surface area contributed by atoms with E-state index in [2.05, 4.69) is 10.3 Å². The lowest BCUT2D eigenvalue weighted by molar-refractivity contribution is -0.384. The summed E-state index contributed by atoms with van der Waals surface area (Å²) in [6.07, 6.45) is 2.60.